The zero-order chi connectivity index (χ0) is 12.8. The lowest BCUT2D eigenvalue weighted by atomic mass is 10.3. The van der Waals surface area contributed by atoms with Gasteiger partial charge in [0.2, 0.25) is 5.95 Å². The van der Waals surface area contributed by atoms with Crippen LogP contribution in [0.3, 0.4) is 0 Å². The van der Waals surface area contributed by atoms with E-state index in [1.165, 1.54) is 0 Å². The highest BCUT2D eigenvalue weighted by Crippen LogP contribution is 2.09. The monoisotopic (exact) mass is 374 g/mol. The first-order valence-corrected chi connectivity index (χ1v) is 5.99. The lowest BCUT2D eigenvalue weighted by Gasteiger charge is -2.35. The van der Waals surface area contributed by atoms with E-state index in [9.17, 15) is 0 Å². The van der Waals surface area contributed by atoms with E-state index in [2.05, 4.69) is 31.3 Å². The van der Waals surface area contributed by atoms with Gasteiger partial charge in [0.05, 0.1) is 6.54 Å². The van der Waals surface area contributed by atoms with Crippen molar-refractivity contribution in [1.29, 1.82) is 0 Å². The third kappa shape index (κ3) is 4.34. The molecule has 0 aromatic carbocycles. The summed E-state index contributed by atoms with van der Waals surface area (Å²) in [5, 5.41) is 0. The number of aromatic nitrogens is 2. The first kappa shape index (κ1) is 15.7. The molecule has 1 aromatic heterocycles. The molecule has 1 saturated heterocycles. The predicted molar refractivity (Wildman–Crippen MR) is 87.9 cm³/mol. The average Bonchev–Trinajstić information content (AvgIpc) is 2.46. The Balaban J connectivity index is 0.00000180. The number of piperazine rings is 1. The van der Waals surface area contributed by atoms with Gasteiger partial charge in [-0.05, 0) is 6.07 Å². The molecule has 6 nitrogen and oxygen atoms in total. The number of hydrogen-bond acceptors (Lipinski definition) is 4. The van der Waals surface area contributed by atoms with Crippen molar-refractivity contribution in [2.75, 3.05) is 37.6 Å². The normalized spacial score (nSPS) is 15.9. The number of anilines is 1. The molecule has 0 saturated carbocycles. The second-order valence-corrected chi connectivity index (χ2v) is 4.01. The molecule has 1 fully saturated rings. The van der Waals surface area contributed by atoms with Gasteiger partial charge < -0.3 is 15.5 Å². The van der Waals surface area contributed by atoms with Crippen LogP contribution in [0.1, 0.15) is 0 Å². The van der Waals surface area contributed by atoms with Crippen molar-refractivity contribution in [2.24, 2.45) is 10.7 Å². The summed E-state index contributed by atoms with van der Waals surface area (Å²) in [5.74, 6) is 1.36. The molecule has 0 atom stereocenters. The van der Waals surface area contributed by atoms with E-state index in [0.717, 1.165) is 32.1 Å². The molecule has 19 heavy (non-hydrogen) atoms. The fraction of sp³-hybridized carbons (Fsp3) is 0.417. The molecule has 1 aliphatic rings. The molecule has 1 aromatic rings. The van der Waals surface area contributed by atoms with Gasteiger partial charge in [-0.1, -0.05) is 6.08 Å². The van der Waals surface area contributed by atoms with Crippen molar-refractivity contribution < 1.29 is 0 Å². The second kappa shape index (κ2) is 7.93. The van der Waals surface area contributed by atoms with Crippen molar-refractivity contribution in [3.05, 3.63) is 31.1 Å². The van der Waals surface area contributed by atoms with E-state index >= 15 is 0 Å². The van der Waals surface area contributed by atoms with Crippen LogP contribution < -0.4 is 10.6 Å². The Morgan fingerprint density at radius 3 is 2.53 bits per heavy atom. The van der Waals surface area contributed by atoms with Gasteiger partial charge in [-0.15, -0.1) is 30.6 Å². The fourth-order valence-corrected chi connectivity index (χ4v) is 1.85. The topological polar surface area (TPSA) is 70.6 Å². The van der Waals surface area contributed by atoms with Gasteiger partial charge in [0.15, 0.2) is 5.96 Å². The van der Waals surface area contributed by atoms with Crippen LogP contribution in [-0.4, -0.2) is 53.6 Å². The smallest absolute Gasteiger partial charge is 0.225 e. The van der Waals surface area contributed by atoms with E-state index in [4.69, 9.17) is 5.73 Å². The summed E-state index contributed by atoms with van der Waals surface area (Å²) in [6.07, 6.45) is 5.25. The Morgan fingerprint density at radius 1 is 1.32 bits per heavy atom. The molecular weight excluding hydrogens is 355 g/mol. The average molecular weight is 374 g/mol. The van der Waals surface area contributed by atoms with Gasteiger partial charge in [-0.25, -0.2) is 15.0 Å². The molecule has 0 radical (unpaired) electrons. The van der Waals surface area contributed by atoms with Crippen LogP contribution in [0.5, 0.6) is 0 Å². The van der Waals surface area contributed by atoms with E-state index in [1.54, 1.807) is 18.5 Å². The van der Waals surface area contributed by atoms with E-state index < -0.39 is 0 Å². The molecule has 2 heterocycles. The van der Waals surface area contributed by atoms with Crippen molar-refractivity contribution in [3.63, 3.8) is 0 Å². The first-order valence-electron chi connectivity index (χ1n) is 5.99. The zero-order valence-corrected chi connectivity index (χ0v) is 13.1. The van der Waals surface area contributed by atoms with E-state index in [-0.39, 0.29) is 24.0 Å². The lowest BCUT2D eigenvalue weighted by Crippen LogP contribution is -2.51. The number of nitrogens with two attached hydrogens (primary N) is 1. The Bertz CT molecular complexity index is 413. The second-order valence-electron chi connectivity index (χ2n) is 4.01. The predicted octanol–water partition coefficient (Wildman–Crippen LogP) is 0.717. The summed E-state index contributed by atoms with van der Waals surface area (Å²) in [4.78, 5) is 16.9. The van der Waals surface area contributed by atoms with Crippen molar-refractivity contribution >= 4 is 35.9 Å². The highest BCUT2D eigenvalue weighted by Gasteiger charge is 2.19. The third-order valence-corrected chi connectivity index (χ3v) is 2.82. The minimum atomic E-state index is 0. The number of rotatable bonds is 3. The van der Waals surface area contributed by atoms with Crippen LogP contribution in [-0.2, 0) is 0 Å². The highest BCUT2D eigenvalue weighted by atomic mass is 127. The highest BCUT2D eigenvalue weighted by molar-refractivity contribution is 14.0. The maximum atomic E-state index is 5.90. The Hall–Kier alpha value is -1.38. The summed E-state index contributed by atoms with van der Waals surface area (Å²) < 4.78 is 0. The molecule has 104 valence electrons. The minimum Gasteiger partial charge on any atom is -0.370 e. The molecule has 1 aliphatic heterocycles. The van der Waals surface area contributed by atoms with Crippen LogP contribution in [0.15, 0.2) is 36.1 Å². The number of halogens is 1. The molecule has 0 aliphatic carbocycles. The SMILES string of the molecule is C=CCN=C(N)N1CCN(c2ncccn2)CC1.I. The van der Waals surface area contributed by atoms with E-state index in [1.807, 2.05) is 6.07 Å². The number of hydrogen-bond donors (Lipinski definition) is 1. The maximum absolute atomic E-state index is 5.90. The Morgan fingerprint density at radius 2 is 1.95 bits per heavy atom. The summed E-state index contributed by atoms with van der Waals surface area (Å²) in [6.45, 7) is 7.57. The van der Waals surface area contributed by atoms with Crippen LogP contribution in [0.2, 0.25) is 0 Å². The number of guanidine groups is 1. The summed E-state index contributed by atoms with van der Waals surface area (Å²) in [5.41, 5.74) is 5.90. The van der Waals surface area contributed by atoms with Gasteiger partial charge in [0, 0.05) is 38.6 Å². The zero-order valence-electron chi connectivity index (χ0n) is 10.8. The van der Waals surface area contributed by atoms with Crippen LogP contribution in [0, 0.1) is 0 Å². The Kier molecular flexibility index (Phi) is 6.54. The standard InChI is InChI=1S/C12H18N6.HI/c1-2-4-14-11(13)17-7-9-18(10-8-17)12-15-5-3-6-16-12;/h2-3,5-6H,1,4,7-10H2,(H2,13,14);1H. The molecule has 0 amide bonds. The molecular formula is C12H19IN6. The number of nitrogens with zero attached hydrogens (tertiary/aromatic N) is 5. The van der Waals surface area contributed by atoms with Crippen molar-refractivity contribution in [3.8, 4) is 0 Å². The fourth-order valence-electron chi connectivity index (χ4n) is 1.85. The Labute approximate surface area is 130 Å². The molecule has 2 rings (SSSR count). The number of aliphatic imine (C=N–C) groups is 1. The van der Waals surface area contributed by atoms with Gasteiger partial charge >= 0.3 is 0 Å². The van der Waals surface area contributed by atoms with Crippen LogP contribution in [0.25, 0.3) is 0 Å². The van der Waals surface area contributed by atoms with Crippen molar-refractivity contribution in [1.82, 2.24) is 14.9 Å². The summed E-state index contributed by atoms with van der Waals surface area (Å²) >= 11 is 0. The largest absolute Gasteiger partial charge is 0.370 e. The third-order valence-electron chi connectivity index (χ3n) is 2.82. The molecule has 0 spiro atoms. The summed E-state index contributed by atoms with van der Waals surface area (Å²) in [7, 11) is 0. The van der Waals surface area contributed by atoms with Gasteiger partial charge in [-0.3, -0.25) is 0 Å². The molecule has 2 N–H and O–H groups in total. The van der Waals surface area contributed by atoms with Gasteiger partial charge in [0.25, 0.3) is 0 Å². The summed E-state index contributed by atoms with van der Waals surface area (Å²) in [6, 6.07) is 1.82. The first-order chi connectivity index (χ1) is 8.81. The van der Waals surface area contributed by atoms with Crippen LogP contribution >= 0.6 is 24.0 Å². The molecule has 0 bridgehead atoms. The lowest BCUT2D eigenvalue weighted by molar-refractivity contribution is 0.378. The van der Waals surface area contributed by atoms with E-state index in [0.29, 0.717) is 12.5 Å². The quantitative estimate of drug-likeness (QED) is 0.365. The molecule has 7 heteroatoms. The van der Waals surface area contributed by atoms with Gasteiger partial charge in [-0.2, -0.15) is 0 Å². The maximum Gasteiger partial charge on any atom is 0.225 e. The van der Waals surface area contributed by atoms with Gasteiger partial charge in [0.1, 0.15) is 0 Å². The van der Waals surface area contributed by atoms with Crippen LogP contribution in [0.4, 0.5) is 5.95 Å². The minimum absolute atomic E-state index is 0. The molecule has 0 unspecified atom stereocenters. The van der Waals surface area contributed by atoms with Crippen molar-refractivity contribution in [2.45, 2.75) is 0 Å².